The largest absolute Gasteiger partial charge is 0.491 e. The fourth-order valence-corrected chi connectivity index (χ4v) is 3.42. The number of hydrogen-bond acceptors (Lipinski definition) is 4. The minimum absolute atomic E-state index is 0. The van der Waals surface area contributed by atoms with Gasteiger partial charge in [-0.15, -0.1) is 24.0 Å². The highest BCUT2D eigenvalue weighted by atomic mass is 127. The van der Waals surface area contributed by atoms with Gasteiger partial charge in [0.15, 0.2) is 5.96 Å². The number of likely N-dealkylation sites (tertiary alicyclic amines) is 1. The predicted octanol–water partition coefficient (Wildman–Crippen LogP) is 3.16. The average molecular weight is 504 g/mol. The van der Waals surface area contributed by atoms with E-state index in [9.17, 15) is 5.11 Å². The number of nitrogens with zero attached hydrogens (tertiary/aromatic N) is 2. The van der Waals surface area contributed by atoms with E-state index in [1.165, 1.54) is 19.4 Å². The van der Waals surface area contributed by atoms with Crippen LogP contribution in [0.25, 0.3) is 0 Å². The molecule has 0 bridgehead atoms. The predicted molar refractivity (Wildman–Crippen MR) is 127 cm³/mol. The van der Waals surface area contributed by atoms with E-state index >= 15 is 0 Å². The molecule has 0 aromatic heterocycles. The minimum atomic E-state index is -0.632. The van der Waals surface area contributed by atoms with Gasteiger partial charge in [-0.05, 0) is 64.4 Å². The fraction of sp³-hybridized carbons (Fsp3) is 0.667. The third kappa shape index (κ3) is 8.13. The van der Waals surface area contributed by atoms with Crippen LogP contribution in [0.5, 0.6) is 5.75 Å². The van der Waals surface area contributed by atoms with Gasteiger partial charge in [0.05, 0.1) is 18.8 Å². The lowest BCUT2D eigenvalue weighted by Gasteiger charge is -2.24. The summed E-state index contributed by atoms with van der Waals surface area (Å²) < 4.78 is 5.64. The Balaban J connectivity index is 0.00000392. The van der Waals surface area contributed by atoms with Crippen LogP contribution in [-0.4, -0.2) is 60.8 Å². The summed E-state index contributed by atoms with van der Waals surface area (Å²) in [7, 11) is 0. The van der Waals surface area contributed by atoms with Crippen LogP contribution in [0.2, 0.25) is 0 Å². The summed E-state index contributed by atoms with van der Waals surface area (Å²) in [6.45, 7) is 12.5. The summed E-state index contributed by atoms with van der Waals surface area (Å²) in [5.41, 5.74) is 0.846. The molecule has 6 nitrogen and oxygen atoms in total. The zero-order chi connectivity index (χ0) is 19.6. The molecule has 2 unspecified atom stereocenters. The summed E-state index contributed by atoms with van der Waals surface area (Å²) in [6.07, 6.45) is 2.01. The molecule has 0 amide bonds. The molecule has 0 spiro atoms. The molecule has 1 saturated heterocycles. The molecule has 2 atom stereocenters. The number of ether oxygens (including phenoxy) is 1. The molecular formula is C21H37IN4O2. The van der Waals surface area contributed by atoms with Gasteiger partial charge in [-0.1, -0.05) is 19.1 Å². The van der Waals surface area contributed by atoms with Gasteiger partial charge in [-0.2, -0.15) is 0 Å². The second-order valence-corrected chi connectivity index (χ2v) is 7.28. The van der Waals surface area contributed by atoms with Crippen LogP contribution >= 0.6 is 24.0 Å². The maximum atomic E-state index is 10.5. The number of aliphatic imine (C=N–C) groups is 1. The lowest BCUT2D eigenvalue weighted by Crippen LogP contribution is -2.45. The van der Waals surface area contributed by atoms with Gasteiger partial charge in [0.1, 0.15) is 5.75 Å². The fourth-order valence-electron chi connectivity index (χ4n) is 3.42. The molecule has 28 heavy (non-hydrogen) atoms. The van der Waals surface area contributed by atoms with Gasteiger partial charge in [0.25, 0.3) is 0 Å². The Hall–Kier alpha value is -1.06. The Labute approximate surface area is 187 Å². The number of benzene rings is 1. The molecule has 0 aliphatic carbocycles. The lowest BCUT2D eigenvalue weighted by atomic mass is 10.1. The first kappa shape index (κ1) is 25.0. The van der Waals surface area contributed by atoms with Crippen molar-refractivity contribution >= 4 is 29.9 Å². The highest BCUT2D eigenvalue weighted by Gasteiger charge is 2.22. The highest BCUT2D eigenvalue weighted by Crippen LogP contribution is 2.19. The Morgan fingerprint density at radius 2 is 1.96 bits per heavy atom. The molecule has 0 saturated carbocycles. The van der Waals surface area contributed by atoms with Gasteiger partial charge in [0, 0.05) is 19.1 Å². The van der Waals surface area contributed by atoms with Crippen molar-refractivity contribution in [3.63, 3.8) is 0 Å². The molecular weight excluding hydrogens is 467 g/mol. The molecule has 1 aromatic rings. The van der Waals surface area contributed by atoms with E-state index < -0.39 is 6.10 Å². The molecule has 1 aliphatic heterocycles. The van der Waals surface area contributed by atoms with Crippen molar-refractivity contribution in [1.29, 1.82) is 0 Å². The van der Waals surface area contributed by atoms with Crippen molar-refractivity contribution in [2.75, 3.05) is 32.7 Å². The van der Waals surface area contributed by atoms with Crippen LogP contribution in [-0.2, 0) is 0 Å². The number of likely N-dealkylation sites (N-methyl/N-ethyl adjacent to an activating group) is 1. The smallest absolute Gasteiger partial charge is 0.191 e. The number of aliphatic hydroxyl groups excluding tert-OH is 1. The summed E-state index contributed by atoms with van der Waals surface area (Å²) in [4.78, 5) is 7.07. The van der Waals surface area contributed by atoms with E-state index in [-0.39, 0.29) is 30.1 Å². The van der Waals surface area contributed by atoms with Crippen molar-refractivity contribution in [2.45, 2.75) is 58.8 Å². The van der Waals surface area contributed by atoms with Crippen LogP contribution in [0, 0.1) is 0 Å². The number of guanidine groups is 1. The van der Waals surface area contributed by atoms with Crippen molar-refractivity contribution in [1.82, 2.24) is 15.5 Å². The van der Waals surface area contributed by atoms with Crippen molar-refractivity contribution in [2.24, 2.45) is 4.99 Å². The van der Waals surface area contributed by atoms with E-state index in [0.29, 0.717) is 12.6 Å². The van der Waals surface area contributed by atoms with Gasteiger partial charge in [-0.25, -0.2) is 0 Å². The SMILES string of the molecule is CCNC(=NCC(O)c1ccc(OC(C)C)cc1)NCC1CCCN1CC.I. The van der Waals surface area contributed by atoms with Crippen LogP contribution in [0.3, 0.4) is 0 Å². The molecule has 1 aliphatic rings. The summed E-state index contributed by atoms with van der Waals surface area (Å²) >= 11 is 0. The van der Waals surface area contributed by atoms with E-state index in [0.717, 1.165) is 36.9 Å². The highest BCUT2D eigenvalue weighted by molar-refractivity contribution is 14.0. The molecule has 160 valence electrons. The average Bonchev–Trinajstić information content (AvgIpc) is 3.11. The number of halogens is 1. The van der Waals surface area contributed by atoms with Gasteiger partial charge >= 0.3 is 0 Å². The van der Waals surface area contributed by atoms with Gasteiger partial charge in [-0.3, -0.25) is 9.89 Å². The summed E-state index contributed by atoms with van der Waals surface area (Å²) in [6, 6.07) is 8.15. The number of hydrogen-bond donors (Lipinski definition) is 3. The molecule has 2 rings (SSSR count). The second-order valence-electron chi connectivity index (χ2n) is 7.28. The number of rotatable bonds is 9. The molecule has 7 heteroatoms. The van der Waals surface area contributed by atoms with E-state index in [1.54, 1.807) is 0 Å². The lowest BCUT2D eigenvalue weighted by molar-refractivity contribution is 0.186. The van der Waals surface area contributed by atoms with Crippen LogP contribution < -0.4 is 15.4 Å². The quantitative estimate of drug-likeness (QED) is 0.274. The Morgan fingerprint density at radius 1 is 1.25 bits per heavy atom. The van der Waals surface area contributed by atoms with Crippen molar-refractivity contribution < 1.29 is 9.84 Å². The Morgan fingerprint density at radius 3 is 2.57 bits per heavy atom. The third-order valence-electron chi connectivity index (χ3n) is 4.81. The van der Waals surface area contributed by atoms with E-state index in [4.69, 9.17) is 4.74 Å². The summed E-state index contributed by atoms with van der Waals surface area (Å²) in [5, 5.41) is 17.2. The van der Waals surface area contributed by atoms with Crippen LogP contribution in [0.1, 0.15) is 52.2 Å². The maximum Gasteiger partial charge on any atom is 0.191 e. The zero-order valence-electron chi connectivity index (χ0n) is 17.6. The second kappa shape index (κ2) is 13.2. The van der Waals surface area contributed by atoms with Crippen molar-refractivity contribution in [3.05, 3.63) is 29.8 Å². The van der Waals surface area contributed by atoms with Gasteiger partial charge < -0.3 is 20.5 Å². The Kier molecular flexibility index (Phi) is 11.8. The number of nitrogens with one attached hydrogen (secondary N) is 2. The Bertz CT molecular complexity index is 580. The number of aliphatic hydroxyl groups is 1. The monoisotopic (exact) mass is 504 g/mol. The molecule has 3 N–H and O–H groups in total. The third-order valence-corrected chi connectivity index (χ3v) is 4.81. The molecule has 0 radical (unpaired) electrons. The summed E-state index contributed by atoms with van der Waals surface area (Å²) in [5.74, 6) is 1.58. The first-order chi connectivity index (χ1) is 13.0. The standard InChI is InChI=1S/C21H36N4O2.HI/c1-5-22-21(23-14-18-8-7-13-25(18)6-2)24-15-20(26)17-9-11-19(12-10-17)27-16(3)4;/h9-12,16,18,20,26H,5-8,13-15H2,1-4H3,(H2,22,23,24);1H. The maximum absolute atomic E-state index is 10.5. The topological polar surface area (TPSA) is 69.1 Å². The van der Waals surface area contributed by atoms with Gasteiger partial charge in [0.2, 0.25) is 0 Å². The van der Waals surface area contributed by atoms with Crippen LogP contribution in [0.4, 0.5) is 0 Å². The molecule has 1 heterocycles. The first-order valence-corrected chi connectivity index (χ1v) is 10.2. The zero-order valence-corrected chi connectivity index (χ0v) is 20.0. The normalized spacial score (nSPS) is 18.6. The molecule has 1 fully saturated rings. The molecule has 1 aromatic carbocycles. The first-order valence-electron chi connectivity index (χ1n) is 10.2. The van der Waals surface area contributed by atoms with Crippen LogP contribution in [0.15, 0.2) is 29.3 Å². The minimum Gasteiger partial charge on any atom is -0.491 e. The van der Waals surface area contributed by atoms with E-state index in [1.807, 2.05) is 38.1 Å². The van der Waals surface area contributed by atoms with E-state index in [2.05, 4.69) is 34.4 Å². The van der Waals surface area contributed by atoms with Crippen molar-refractivity contribution in [3.8, 4) is 5.75 Å².